The van der Waals surface area contributed by atoms with Crippen molar-refractivity contribution in [1.82, 2.24) is 15.3 Å². The number of anilines is 1. The molecule has 2 amide bonds. The van der Waals surface area contributed by atoms with E-state index in [9.17, 15) is 9.59 Å². The maximum atomic E-state index is 11.8. The summed E-state index contributed by atoms with van der Waals surface area (Å²) in [6.07, 6.45) is 0.174. The van der Waals surface area contributed by atoms with Crippen LogP contribution < -0.4 is 20.5 Å². The summed E-state index contributed by atoms with van der Waals surface area (Å²) in [7, 11) is 0. The number of nitrogens with one attached hydrogen (secondary N) is 2. The van der Waals surface area contributed by atoms with Crippen LogP contribution in [-0.2, 0) is 23.2 Å². The molecule has 0 spiro atoms. The van der Waals surface area contributed by atoms with Crippen molar-refractivity contribution in [2.75, 3.05) is 5.73 Å². The maximum absolute atomic E-state index is 11.8. The largest absolute Gasteiger partial charge is 0.489 e. The summed E-state index contributed by atoms with van der Waals surface area (Å²) >= 11 is 1.03. The highest BCUT2D eigenvalue weighted by atomic mass is 32.2. The summed E-state index contributed by atoms with van der Waals surface area (Å²) in [4.78, 5) is 31.2. The fraction of sp³-hybridized carbons (Fsp3) is 0.300. The van der Waals surface area contributed by atoms with E-state index in [1.807, 2.05) is 55.5 Å². The molecule has 1 aromatic heterocycles. The zero-order valence-corrected chi connectivity index (χ0v) is 23.2. The number of carbonyl (C=O) groups is 2. The molecule has 2 atom stereocenters. The number of imide groups is 1. The van der Waals surface area contributed by atoms with Crippen LogP contribution in [0.5, 0.6) is 11.5 Å². The number of aromatic amines is 1. The summed E-state index contributed by atoms with van der Waals surface area (Å²) in [6.45, 7) is 8.79. The molecule has 5 rings (SSSR count). The Kier molecular flexibility index (Phi) is 7.27. The molecular weight excluding hydrogens is 512 g/mol. The predicted molar refractivity (Wildman–Crippen MR) is 154 cm³/mol. The van der Waals surface area contributed by atoms with Gasteiger partial charge in [0.15, 0.2) is 6.10 Å². The Morgan fingerprint density at radius 3 is 2.38 bits per heavy atom. The van der Waals surface area contributed by atoms with Crippen LogP contribution in [0.15, 0.2) is 60.7 Å². The lowest BCUT2D eigenvalue weighted by molar-refractivity contribution is -0.118. The highest BCUT2D eigenvalue weighted by molar-refractivity contribution is 8.15. The zero-order valence-electron chi connectivity index (χ0n) is 22.4. The molecule has 2 unspecified atom stereocenters. The number of nitrogens with two attached hydrogens (primary N) is 1. The van der Waals surface area contributed by atoms with Gasteiger partial charge in [-0.15, -0.1) is 0 Å². The summed E-state index contributed by atoms with van der Waals surface area (Å²) in [5.74, 6) is 1.88. The van der Waals surface area contributed by atoms with Gasteiger partial charge in [-0.2, -0.15) is 0 Å². The number of carbonyl (C=O) groups excluding carboxylic acids is 2. The van der Waals surface area contributed by atoms with E-state index in [1.165, 1.54) is 0 Å². The second-order valence-electron chi connectivity index (χ2n) is 10.8. The number of amides is 2. The Balaban J connectivity index is 1.20. The molecule has 8 nitrogen and oxygen atoms in total. The average Bonchev–Trinajstić information content (AvgIpc) is 3.45. The molecule has 0 aliphatic carbocycles. The number of fused-ring (bicyclic) bond motifs is 1. The first-order chi connectivity index (χ1) is 18.5. The monoisotopic (exact) mass is 544 g/mol. The minimum absolute atomic E-state index is 0.00632. The molecule has 3 aromatic carbocycles. The number of benzene rings is 3. The number of imidazole rings is 1. The van der Waals surface area contributed by atoms with Crippen molar-refractivity contribution in [3.05, 3.63) is 83.2 Å². The Bertz CT molecular complexity index is 1520. The van der Waals surface area contributed by atoms with Crippen LogP contribution in [0.25, 0.3) is 11.0 Å². The molecule has 1 aliphatic rings. The van der Waals surface area contributed by atoms with Crippen LogP contribution in [0.2, 0.25) is 0 Å². The Labute approximate surface area is 231 Å². The molecule has 1 aliphatic heterocycles. The van der Waals surface area contributed by atoms with Crippen LogP contribution in [0.3, 0.4) is 0 Å². The molecule has 202 valence electrons. The normalized spacial score (nSPS) is 16.4. The van der Waals surface area contributed by atoms with E-state index < -0.39 is 0 Å². The van der Waals surface area contributed by atoms with Crippen molar-refractivity contribution in [1.29, 1.82) is 0 Å². The minimum atomic E-state index is -0.389. The molecular formula is C30H32N4O4S. The molecule has 0 bridgehead atoms. The van der Waals surface area contributed by atoms with Crippen molar-refractivity contribution in [2.24, 2.45) is 0 Å². The number of nitrogens with zero attached hydrogens (tertiary/aromatic N) is 1. The number of ether oxygens (including phenoxy) is 2. The number of H-pyrrole nitrogens is 1. The van der Waals surface area contributed by atoms with Gasteiger partial charge < -0.3 is 20.2 Å². The van der Waals surface area contributed by atoms with Gasteiger partial charge in [-0.1, -0.05) is 56.8 Å². The van der Waals surface area contributed by atoms with Gasteiger partial charge in [-0.25, -0.2) is 4.98 Å². The lowest BCUT2D eigenvalue weighted by Gasteiger charge is -2.21. The Hall–Kier alpha value is -3.98. The van der Waals surface area contributed by atoms with Crippen LogP contribution in [0, 0.1) is 0 Å². The molecule has 9 heteroatoms. The number of rotatable bonds is 8. The van der Waals surface area contributed by atoms with Gasteiger partial charge in [0.25, 0.3) is 5.24 Å². The lowest BCUT2D eigenvalue weighted by Crippen LogP contribution is -2.25. The molecule has 1 saturated heterocycles. The number of hydrogen-bond acceptors (Lipinski definition) is 7. The van der Waals surface area contributed by atoms with Crippen LogP contribution >= 0.6 is 11.8 Å². The van der Waals surface area contributed by atoms with Gasteiger partial charge in [0.1, 0.15) is 23.9 Å². The fourth-order valence-corrected chi connectivity index (χ4v) is 5.41. The van der Waals surface area contributed by atoms with E-state index in [-0.39, 0.29) is 27.9 Å². The standard InChI is InChI=1S/C30H32N4O4S/c1-17(38-20-8-5-18(6-9-20)14-26-28(35)34-29(36)39-26)27-32-24-12-10-21(15-25(24)33-27)37-16-19-7-11-22(23(31)13-19)30(2,3)4/h5-13,15,17,26H,14,16,31H2,1-4H3,(H,32,33)(H,34,35,36). The average molecular weight is 545 g/mol. The highest BCUT2D eigenvalue weighted by Crippen LogP contribution is 2.30. The van der Waals surface area contributed by atoms with Gasteiger partial charge in [0.2, 0.25) is 5.91 Å². The molecule has 0 saturated carbocycles. The molecule has 4 aromatic rings. The smallest absolute Gasteiger partial charge is 0.286 e. The van der Waals surface area contributed by atoms with Crippen molar-refractivity contribution >= 4 is 39.6 Å². The van der Waals surface area contributed by atoms with Crippen molar-refractivity contribution in [3.63, 3.8) is 0 Å². The third-order valence-corrected chi connectivity index (χ3v) is 7.59. The van der Waals surface area contributed by atoms with Gasteiger partial charge >= 0.3 is 0 Å². The molecule has 2 heterocycles. The van der Waals surface area contributed by atoms with E-state index in [4.69, 9.17) is 15.2 Å². The minimum Gasteiger partial charge on any atom is -0.489 e. The van der Waals surface area contributed by atoms with Crippen LogP contribution in [0.4, 0.5) is 10.5 Å². The van der Waals surface area contributed by atoms with E-state index >= 15 is 0 Å². The first kappa shape index (κ1) is 26.6. The van der Waals surface area contributed by atoms with Crippen LogP contribution in [-0.4, -0.2) is 26.4 Å². The Morgan fingerprint density at radius 1 is 1.00 bits per heavy atom. The van der Waals surface area contributed by atoms with Crippen LogP contribution in [0.1, 0.15) is 56.3 Å². The topological polar surface area (TPSA) is 119 Å². The number of hydrogen-bond donors (Lipinski definition) is 3. The highest BCUT2D eigenvalue weighted by Gasteiger charge is 2.31. The van der Waals surface area contributed by atoms with E-state index in [2.05, 4.69) is 48.2 Å². The van der Waals surface area contributed by atoms with E-state index in [0.29, 0.717) is 24.6 Å². The summed E-state index contributed by atoms with van der Waals surface area (Å²) in [5, 5.41) is 1.64. The number of thioether (sulfide) groups is 1. The third-order valence-electron chi connectivity index (χ3n) is 6.61. The summed E-state index contributed by atoms with van der Waals surface area (Å²) in [5.41, 5.74) is 11.8. The second-order valence-corrected chi connectivity index (χ2v) is 11.9. The van der Waals surface area contributed by atoms with E-state index in [0.717, 1.165) is 50.9 Å². The molecule has 0 radical (unpaired) electrons. The first-order valence-corrected chi connectivity index (χ1v) is 13.7. The van der Waals surface area contributed by atoms with Gasteiger partial charge in [0.05, 0.1) is 16.3 Å². The van der Waals surface area contributed by atoms with Crippen molar-refractivity contribution in [3.8, 4) is 11.5 Å². The SMILES string of the molecule is CC(Oc1ccc(CC2SC(=O)NC2=O)cc1)c1nc2ccc(OCc3ccc(C(C)(C)C)c(N)c3)cc2[nH]1. The lowest BCUT2D eigenvalue weighted by atomic mass is 9.85. The molecule has 1 fully saturated rings. The molecule has 4 N–H and O–H groups in total. The summed E-state index contributed by atoms with van der Waals surface area (Å²) in [6, 6.07) is 19.4. The van der Waals surface area contributed by atoms with Gasteiger partial charge in [-0.3, -0.25) is 14.9 Å². The zero-order chi connectivity index (χ0) is 27.7. The first-order valence-electron chi connectivity index (χ1n) is 12.8. The van der Waals surface area contributed by atoms with Gasteiger partial charge in [0, 0.05) is 11.8 Å². The third kappa shape index (κ3) is 6.20. The van der Waals surface area contributed by atoms with Crippen molar-refractivity contribution < 1.29 is 19.1 Å². The predicted octanol–water partition coefficient (Wildman–Crippen LogP) is 6.06. The summed E-state index contributed by atoms with van der Waals surface area (Å²) < 4.78 is 12.1. The number of nitrogen functional groups attached to an aromatic ring is 1. The Morgan fingerprint density at radius 2 is 1.72 bits per heavy atom. The van der Waals surface area contributed by atoms with Crippen molar-refractivity contribution in [2.45, 2.75) is 57.5 Å². The fourth-order valence-electron chi connectivity index (χ4n) is 4.55. The maximum Gasteiger partial charge on any atom is 0.286 e. The molecule has 39 heavy (non-hydrogen) atoms. The van der Waals surface area contributed by atoms with E-state index in [1.54, 1.807) is 0 Å². The second kappa shape index (κ2) is 10.6. The van der Waals surface area contributed by atoms with Gasteiger partial charge in [-0.05, 0) is 65.8 Å². The number of aromatic nitrogens is 2. The quantitative estimate of drug-likeness (QED) is 0.231.